The van der Waals surface area contributed by atoms with Crippen LogP contribution in [0.3, 0.4) is 0 Å². The molecule has 1 fully saturated rings. The van der Waals surface area contributed by atoms with E-state index in [0.717, 1.165) is 19.5 Å². The van der Waals surface area contributed by atoms with Crippen LogP contribution >= 0.6 is 0 Å². The number of hydrogen-bond donors (Lipinski definition) is 1. The molecule has 3 rings (SSSR count). The number of hydrogen-bond acceptors (Lipinski definition) is 4. The van der Waals surface area contributed by atoms with E-state index in [9.17, 15) is 9.59 Å². The van der Waals surface area contributed by atoms with Crippen molar-refractivity contribution in [2.24, 2.45) is 7.05 Å². The van der Waals surface area contributed by atoms with Gasteiger partial charge in [0.2, 0.25) is 0 Å². The second kappa shape index (κ2) is 7.74. The van der Waals surface area contributed by atoms with E-state index < -0.39 is 11.5 Å². The molecule has 2 heterocycles. The number of benzene rings is 1. The zero-order valence-electron chi connectivity index (χ0n) is 15.3. The molecule has 1 aromatic heterocycles. The molecule has 1 N–H and O–H groups in total. The lowest BCUT2D eigenvalue weighted by Gasteiger charge is -2.41. The van der Waals surface area contributed by atoms with Gasteiger partial charge in [0.1, 0.15) is 5.69 Å². The molecule has 1 unspecified atom stereocenters. The molecule has 0 bridgehead atoms. The van der Waals surface area contributed by atoms with Gasteiger partial charge in [-0.3, -0.25) is 9.69 Å². The molecular formula is C20H25N3O3. The zero-order valence-corrected chi connectivity index (χ0v) is 15.3. The normalized spacial score (nSPS) is 20.5. The Balaban J connectivity index is 1.79. The minimum absolute atomic E-state index is 0.260. The first-order chi connectivity index (χ1) is 12.5. The van der Waals surface area contributed by atoms with Gasteiger partial charge < -0.3 is 14.6 Å². The van der Waals surface area contributed by atoms with E-state index in [2.05, 4.69) is 22.3 Å². The average molecular weight is 355 g/mol. The van der Waals surface area contributed by atoms with E-state index in [1.54, 1.807) is 10.6 Å². The van der Waals surface area contributed by atoms with Crippen molar-refractivity contribution in [3.63, 3.8) is 0 Å². The summed E-state index contributed by atoms with van der Waals surface area (Å²) in [5, 5.41) is 2.97. The number of piperidine rings is 1. The highest BCUT2D eigenvalue weighted by Gasteiger charge is 2.45. The van der Waals surface area contributed by atoms with Gasteiger partial charge in [0, 0.05) is 26.3 Å². The number of amides is 1. The van der Waals surface area contributed by atoms with Crippen molar-refractivity contribution in [3.05, 3.63) is 59.9 Å². The first kappa shape index (κ1) is 18.2. The molecule has 1 aromatic carbocycles. The van der Waals surface area contributed by atoms with Gasteiger partial charge in [-0.1, -0.05) is 30.3 Å². The van der Waals surface area contributed by atoms with Gasteiger partial charge >= 0.3 is 5.97 Å². The van der Waals surface area contributed by atoms with Gasteiger partial charge in [-0.2, -0.15) is 0 Å². The van der Waals surface area contributed by atoms with Crippen LogP contribution in [0.4, 0.5) is 0 Å². The van der Waals surface area contributed by atoms with E-state index in [1.165, 1.54) is 12.7 Å². The molecular weight excluding hydrogens is 330 g/mol. The molecule has 26 heavy (non-hydrogen) atoms. The SMILES string of the molecule is COC(=O)C1(NC(=O)c2cccn2C)CCCN(Cc2ccccc2)C1. The minimum atomic E-state index is -1.02. The molecule has 6 heteroatoms. The summed E-state index contributed by atoms with van der Waals surface area (Å²) in [4.78, 5) is 27.5. The van der Waals surface area contributed by atoms with Crippen LogP contribution in [0.25, 0.3) is 0 Å². The van der Waals surface area contributed by atoms with Crippen molar-refractivity contribution in [1.29, 1.82) is 0 Å². The summed E-state index contributed by atoms with van der Waals surface area (Å²) >= 11 is 0. The third kappa shape index (κ3) is 3.80. The van der Waals surface area contributed by atoms with Crippen molar-refractivity contribution in [2.75, 3.05) is 20.2 Å². The summed E-state index contributed by atoms with van der Waals surface area (Å²) in [5.41, 5.74) is 0.679. The Labute approximate surface area is 153 Å². The lowest BCUT2D eigenvalue weighted by atomic mass is 9.88. The maximum absolute atomic E-state index is 12.7. The smallest absolute Gasteiger partial charge is 0.332 e. The number of carbonyl (C=O) groups is 2. The fraction of sp³-hybridized carbons (Fsp3) is 0.400. The van der Waals surface area contributed by atoms with Crippen molar-refractivity contribution in [2.45, 2.75) is 24.9 Å². The Hall–Kier alpha value is -2.60. The van der Waals surface area contributed by atoms with Crippen molar-refractivity contribution < 1.29 is 14.3 Å². The van der Waals surface area contributed by atoms with Crippen LogP contribution in [0.15, 0.2) is 48.7 Å². The Bertz CT molecular complexity index is 772. The predicted molar refractivity (Wildman–Crippen MR) is 98.6 cm³/mol. The highest BCUT2D eigenvalue weighted by atomic mass is 16.5. The van der Waals surface area contributed by atoms with Gasteiger partial charge in [-0.15, -0.1) is 0 Å². The van der Waals surface area contributed by atoms with E-state index in [1.807, 2.05) is 37.5 Å². The summed E-state index contributed by atoms with van der Waals surface area (Å²) in [6.07, 6.45) is 3.19. The molecule has 1 aliphatic heterocycles. The Morgan fingerprint density at radius 2 is 1.96 bits per heavy atom. The Morgan fingerprint density at radius 1 is 1.19 bits per heavy atom. The molecule has 6 nitrogen and oxygen atoms in total. The molecule has 1 atom stereocenters. The summed E-state index contributed by atoms with van der Waals surface area (Å²) in [6, 6.07) is 13.7. The minimum Gasteiger partial charge on any atom is -0.467 e. The van der Waals surface area contributed by atoms with E-state index in [-0.39, 0.29) is 5.91 Å². The summed E-state index contributed by atoms with van der Waals surface area (Å²) < 4.78 is 6.79. The number of rotatable bonds is 5. The van der Waals surface area contributed by atoms with Crippen LogP contribution in [-0.2, 0) is 23.1 Å². The number of esters is 1. The molecule has 1 aliphatic rings. The largest absolute Gasteiger partial charge is 0.467 e. The third-order valence-corrected chi connectivity index (χ3v) is 4.93. The molecule has 0 radical (unpaired) electrons. The first-order valence-electron chi connectivity index (χ1n) is 8.83. The van der Waals surface area contributed by atoms with E-state index in [4.69, 9.17) is 4.74 Å². The highest BCUT2D eigenvalue weighted by Crippen LogP contribution is 2.25. The molecule has 0 aliphatic carbocycles. The fourth-order valence-electron chi connectivity index (χ4n) is 3.61. The van der Waals surface area contributed by atoms with Gasteiger partial charge in [0.25, 0.3) is 5.91 Å². The van der Waals surface area contributed by atoms with Gasteiger partial charge in [0.05, 0.1) is 7.11 Å². The third-order valence-electron chi connectivity index (χ3n) is 4.93. The lowest BCUT2D eigenvalue weighted by Crippen LogP contribution is -2.63. The summed E-state index contributed by atoms with van der Waals surface area (Å²) in [6.45, 7) is 2.05. The highest BCUT2D eigenvalue weighted by molar-refractivity contribution is 5.97. The zero-order chi connectivity index (χ0) is 18.6. The second-order valence-electron chi connectivity index (χ2n) is 6.83. The molecule has 0 spiro atoms. The number of carbonyl (C=O) groups excluding carboxylic acids is 2. The number of methoxy groups -OCH3 is 1. The van der Waals surface area contributed by atoms with Crippen LogP contribution in [-0.4, -0.2) is 47.1 Å². The topological polar surface area (TPSA) is 63.6 Å². The Morgan fingerprint density at radius 3 is 2.62 bits per heavy atom. The average Bonchev–Trinajstić information content (AvgIpc) is 3.08. The van der Waals surface area contributed by atoms with Crippen LogP contribution in [0.2, 0.25) is 0 Å². The standard InChI is InChI=1S/C20H25N3O3/c1-22-12-6-10-17(22)18(24)21-20(19(25)26-2)11-7-13-23(15-20)14-16-8-4-3-5-9-16/h3-6,8-10,12H,7,11,13-15H2,1-2H3,(H,21,24). The van der Waals surface area contributed by atoms with Crippen LogP contribution in [0, 0.1) is 0 Å². The molecule has 1 amide bonds. The number of likely N-dealkylation sites (tertiary alicyclic amines) is 1. The molecule has 1 saturated heterocycles. The van der Waals surface area contributed by atoms with Crippen molar-refractivity contribution in [3.8, 4) is 0 Å². The number of ether oxygens (including phenoxy) is 1. The molecule has 2 aromatic rings. The van der Waals surface area contributed by atoms with Crippen molar-refractivity contribution in [1.82, 2.24) is 14.8 Å². The van der Waals surface area contributed by atoms with E-state index >= 15 is 0 Å². The lowest BCUT2D eigenvalue weighted by molar-refractivity contribution is -0.150. The van der Waals surface area contributed by atoms with Gasteiger partial charge in [-0.05, 0) is 37.1 Å². The fourth-order valence-corrected chi connectivity index (χ4v) is 3.61. The van der Waals surface area contributed by atoms with Crippen LogP contribution in [0.5, 0.6) is 0 Å². The first-order valence-corrected chi connectivity index (χ1v) is 8.83. The van der Waals surface area contributed by atoms with E-state index in [0.29, 0.717) is 18.7 Å². The van der Waals surface area contributed by atoms with Gasteiger partial charge in [-0.25, -0.2) is 4.79 Å². The summed E-state index contributed by atoms with van der Waals surface area (Å²) in [5.74, 6) is -0.651. The number of nitrogens with one attached hydrogen (secondary N) is 1. The molecule has 138 valence electrons. The van der Waals surface area contributed by atoms with Gasteiger partial charge in [0.15, 0.2) is 5.54 Å². The second-order valence-corrected chi connectivity index (χ2v) is 6.83. The predicted octanol–water partition coefficient (Wildman–Crippen LogP) is 1.96. The molecule has 0 saturated carbocycles. The van der Waals surface area contributed by atoms with Crippen LogP contribution in [0.1, 0.15) is 28.9 Å². The number of aromatic nitrogens is 1. The monoisotopic (exact) mass is 355 g/mol. The number of aryl methyl sites for hydroxylation is 1. The maximum Gasteiger partial charge on any atom is 0.332 e. The Kier molecular flexibility index (Phi) is 5.42. The summed E-state index contributed by atoms with van der Waals surface area (Å²) in [7, 11) is 3.18. The van der Waals surface area contributed by atoms with Crippen LogP contribution < -0.4 is 5.32 Å². The van der Waals surface area contributed by atoms with Crippen molar-refractivity contribution >= 4 is 11.9 Å². The quantitative estimate of drug-likeness (QED) is 0.833. The maximum atomic E-state index is 12.7. The number of nitrogens with zero attached hydrogens (tertiary/aromatic N) is 2.